The maximum absolute atomic E-state index is 5.95. The van der Waals surface area contributed by atoms with Crippen molar-refractivity contribution in [1.29, 1.82) is 0 Å². The van der Waals surface area contributed by atoms with Gasteiger partial charge in [-0.25, -0.2) is 0 Å². The zero-order valence-corrected chi connectivity index (χ0v) is 11.0. The van der Waals surface area contributed by atoms with Crippen LogP contribution in [0, 0.1) is 5.92 Å². The van der Waals surface area contributed by atoms with E-state index in [1.165, 1.54) is 0 Å². The minimum absolute atomic E-state index is 0.0502. The zero-order valence-electron chi connectivity index (χ0n) is 11.0. The molecule has 1 rings (SSSR count). The molecule has 0 aliphatic rings. The molecule has 3 nitrogen and oxygen atoms in total. The summed E-state index contributed by atoms with van der Waals surface area (Å²) in [7, 11) is 0. The molecule has 0 bridgehead atoms. The van der Waals surface area contributed by atoms with Crippen LogP contribution < -0.4 is 15.2 Å². The molecule has 0 saturated carbocycles. The van der Waals surface area contributed by atoms with E-state index in [0.29, 0.717) is 19.1 Å². The van der Waals surface area contributed by atoms with Gasteiger partial charge in [-0.05, 0) is 24.5 Å². The molecule has 0 aliphatic carbocycles. The number of hydrogen-bond donors (Lipinski definition) is 1. The third kappa shape index (κ3) is 4.65. The Bertz CT molecular complexity index is 326. The molecular formula is C14H23NO2. The largest absolute Gasteiger partial charge is 0.490 e. The Morgan fingerprint density at radius 1 is 1.12 bits per heavy atom. The number of benzene rings is 1. The summed E-state index contributed by atoms with van der Waals surface area (Å²) >= 11 is 0. The van der Waals surface area contributed by atoms with E-state index < -0.39 is 0 Å². The number of nitrogens with two attached hydrogens (primary N) is 1. The molecule has 0 aromatic heterocycles. The van der Waals surface area contributed by atoms with Crippen LogP contribution in [0.4, 0.5) is 0 Å². The van der Waals surface area contributed by atoms with E-state index in [1.807, 2.05) is 24.3 Å². The van der Waals surface area contributed by atoms with Gasteiger partial charge in [-0.3, -0.25) is 0 Å². The van der Waals surface area contributed by atoms with Crippen LogP contribution in [0.5, 0.6) is 11.5 Å². The Hall–Kier alpha value is -1.22. The van der Waals surface area contributed by atoms with Crippen molar-refractivity contribution in [2.24, 2.45) is 11.7 Å². The van der Waals surface area contributed by atoms with Crippen LogP contribution in [0.2, 0.25) is 0 Å². The fourth-order valence-electron chi connectivity index (χ4n) is 1.28. The molecule has 3 heteroatoms. The first kappa shape index (κ1) is 13.8. The molecular weight excluding hydrogens is 214 g/mol. The lowest BCUT2D eigenvalue weighted by molar-refractivity contribution is 0.237. The van der Waals surface area contributed by atoms with Gasteiger partial charge in [0.1, 0.15) is 6.61 Å². The first-order chi connectivity index (χ1) is 8.15. The smallest absolute Gasteiger partial charge is 0.161 e. The standard InChI is InChI=1S/C14H23NO2/c1-4-9-16-13-7-5-6-8-14(13)17-10-12(15)11(2)3/h5-8,11-12H,4,9-10,15H2,1-3H3. The van der Waals surface area contributed by atoms with E-state index in [0.717, 1.165) is 17.9 Å². The summed E-state index contributed by atoms with van der Waals surface area (Å²) < 4.78 is 11.3. The average Bonchev–Trinajstić information content (AvgIpc) is 2.34. The van der Waals surface area contributed by atoms with Crippen molar-refractivity contribution in [2.45, 2.75) is 33.2 Å². The Balaban J connectivity index is 2.57. The van der Waals surface area contributed by atoms with Crippen molar-refractivity contribution in [3.05, 3.63) is 24.3 Å². The third-order valence-corrected chi connectivity index (χ3v) is 2.60. The monoisotopic (exact) mass is 237 g/mol. The molecule has 0 amide bonds. The zero-order chi connectivity index (χ0) is 12.7. The highest BCUT2D eigenvalue weighted by molar-refractivity contribution is 5.39. The summed E-state index contributed by atoms with van der Waals surface area (Å²) in [6, 6.07) is 7.77. The van der Waals surface area contributed by atoms with E-state index >= 15 is 0 Å². The SMILES string of the molecule is CCCOc1ccccc1OCC(N)C(C)C. The van der Waals surface area contributed by atoms with Gasteiger partial charge < -0.3 is 15.2 Å². The lowest BCUT2D eigenvalue weighted by Gasteiger charge is -2.18. The summed E-state index contributed by atoms with van der Waals surface area (Å²) in [5.41, 5.74) is 5.95. The number of ether oxygens (including phenoxy) is 2. The summed E-state index contributed by atoms with van der Waals surface area (Å²) in [5.74, 6) is 1.99. The summed E-state index contributed by atoms with van der Waals surface area (Å²) in [5, 5.41) is 0. The normalized spacial score (nSPS) is 12.5. The average molecular weight is 237 g/mol. The first-order valence-corrected chi connectivity index (χ1v) is 6.25. The van der Waals surface area contributed by atoms with Gasteiger partial charge in [0, 0.05) is 6.04 Å². The van der Waals surface area contributed by atoms with Gasteiger partial charge in [0.2, 0.25) is 0 Å². The van der Waals surface area contributed by atoms with Crippen LogP contribution in [-0.2, 0) is 0 Å². The number of para-hydroxylation sites is 2. The first-order valence-electron chi connectivity index (χ1n) is 6.25. The quantitative estimate of drug-likeness (QED) is 0.793. The molecule has 96 valence electrons. The maximum atomic E-state index is 5.95. The topological polar surface area (TPSA) is 44.5 Å². The van der Waals surface area contributed by atoms with Gasteiger partial charge >= 0.3 is 0 Å². The fourth-order valence-corrected chi connectivity index (χ4v) is 1.28. The van der Waals surface area contributed by atoms with Gasteiger partial charge in [0.05, 0.1) is 6.61 Å². The second-order valence-electron chi connectivity index (χ2n) is 4.51. The minimum Gasteiger partial charge on any atom is -0.490 e. The molecule has 1 aromatic rings. The predicted octanol–water partition coefficient (Wildman–Crippen LogP) is 2.84. The van der Waals surface area contributed by atoms with Crippen LogP contribution in [0.15, 0.2) is 24.3 Å². The minimum atomic E-state index is 0.0502. The molecule has 0 saturated heterocycles. The molecule has 0 spiro atoms. The summed E-state index contributed by atoms with van der Waals surface area (Å²) in [6.07, 6.45) is 0.986. The highest BCUT2D eigenvalue weighted by Crippen LogP contribution is 2.26. The second kappa shape index (κ2) is 7.17. The van der Waals surface area contributed by atoms with Crippen LogP contribution in [-0.4, -0.2) is 19.3 Å². The van der Waals surface area contributed by atoms with E-state index in [9.17, 15) is 0 Å². The molecule has 0 fully saturated rings. The van der Waals surface area contributed by atoms with Crippen molar-refractivity contribution in [3.8, 4) is 11.5 Å². The molecule has 1 atom stereocenters. The third-order valence-electron chi connectivity index (χ3n) is 2.60. The van der Waals surface area contributed by atoms with Crippen molar-refractivity contribution in [3.63, 3.8) is 0 Å². The molecule has 0 radical (unpaired) electrons. The molecule has 1 unspecified atom stereocenters. The van der Waals surface area contributed by atoms with Gasteiger partial charge in [0.15, 0.2) is 11.5 Å². The summed E-state index contributed by atoms with van der Waals surface area (Å²) in [4.78, 5) is 0. The van der Waals surface area contributed by atoms with Gasteiger partial charge in [-0.2, -0.15) is 0 Å². The molecule has 1 aromatic carbocycles. The highest BCUT2D eigenvalue weighted by Gasteiger charge is 2.10. The van der Waals surface area contributed by atoms with Crippen molar-refractivity contribution >= 4 is 0 Å². The number of hydrogen-bond acceptors (Lipinski definition) is 3. The van der Waals surface area contributed by atoms with Gasteiger partial charge in [-0.1, -0.05) is 32.9 Å². The Morgan fingerprint density at radius 3 is 2.24 bits per heavy atom. The molecule has 2 N–H and O–H groups in total. The van der Waals surface area contributed by atoms with E-state index in [2.05, 4.69) is 20.8 Å². The highest BCUT2D eigenvalue weighted by atomic mass is 16.5. The molecule has 0 heterocycles. The fraction of sp³-hybridized carbons (Fsp3) is 0.571. The van der Waals surface area contributed by atoms with E-state index in [-0.39, 0.29) is 6.04 Å². The maximum Gasteiger partial charge on any atom is 0.161 e. The van der Waals surface area contributed by atoms with E-state index in [4.69, 9.17) is 15.2 Å². The Kier molecular flexibility index (Phi) is 5.84. The van der Waals surface area contributed by atoms with Crippen LogP contribution >= 0.6 is 0 Å². The van der Waals surface area contributed by atoms with Gasteiger partial charge in [0.25, 0.3) is 0 Å². The van der Waals surface area contributed by atoms with Gasteiger partial charge in [-0.15, -0.1) is 0 Å². The van der Waals surface area contributed by atoms with Crippen molar-refractivity contribution < 1.29 is 9.47 Å². The Labute approximate surface area is 104 Å². The predicted molar refractivity (Wildman–Crippen MR) is 70.5 cm³/mol. The lowest BCUT2D eigenvalue weighted by Crippen LogP contribution is -2.33. The lowest BCUT2D eigenvalue weighted by atomic mass is 10.1. The Morgan fingerprint density at radius 2 is 1.71 bits per heavy atom. The number of rotatable bonds is 7. The summed E-state index contributed by atoms with van der Waals surface area (Å²) in [6.45, 7) is 7.49. The van der Waals surface area contributed by atoms with Crippen LogP contribution in [0.3, 0.4) is 0 Å². The van der Waals surface area contributed by atoms with Crippen molar-refractivity contribution in [1.82, 2.24) is 0 Å². The van der Waals surface area contributed by atoms with Crippen LogP contribution in [0.25, 0.3) is 0 Å². The molecule has 17 heavy (non-hydrogen) atoms. The molecule has 0 aliphatic heterocycles. The van der Waals surface area contributed by atoms with Crippen LogP contribution in [0.1, 0.15) is 27.2 Å². The van der Waals surface area contributed by atoms with Crippen molar-refractivity contribution in [2.75, 3.05) is 13.2 Å². The van der Waals surface area contributed by atoms with E-state index in [1.54, 1.807) is 0 Å². The second-order valence-corrected chi connectivity index (χ2v) is 4.51.